The third-order valence-corrected chi connectivity index (χ3v) is 4.12. The normalized spacial score (nSPS) is 18.9. The summed E-state index contributed by atoms with van der Waals surface area (Å²) in [7, 11) is 0. The van der Waals surface area contributed by atoms with Crippen LogP contribution in [0.4, 0.5) is 5.88 Å². The van der Waals surface area contributed by atoms with Gasteiger partial charge in [-0.25, -0.2) is 0 Å². The summed E-state index contributed by atoms with van der Waals surface area (Å²) in [5.41, 5.74) is 8.57. The Labute approximate surface area is 116 Å². The van der Waals surface area contributed by atoms with Gasteiger partial charge in [-0.05, 0) is 37.5 Å². The predicted octanol–water partition coefficient (Wildman–Crippen LogP) is 2.78. The first-order chi connectivity index (χ1) is 9.65. The average molecular weight is 272 g/mol. The molecule has 0 amide bonds. The zero-order valence-electron chi connectivity index (χ0n) is 11.3. The molecular formula is C15H16N2O3. The van der Waals surface area contributed by atoms with Gasteiger partial charge in [-0.1, -0.05) is 5.16 Å². The van der Waals surface area contributed by atoms with Gasteiger partial charge < -0.3 is 19.7 Å². The van der Waals surface area contributed by atoms with E-state index in [1.54, 1.807) is 6.07 Å². The number of nitrogens with two attached hydrogens (primary N) is 1. The van der Waals surface area contributed by atoms with Crippen molar-refractivity contribution in [1.82, 2.24) is 5.16 Å². The second-order valence-electron chi connectivity index (χ2n) is 5.81. The summed E-state index contributed by atoms with van der Waals surface area (Å²) in [6.07, 6.45) is 2.37. The van der Waals surface area contributed by atoms with Crippen molar-refractivity contribution in [3.63, 3.8) is 0 Å². The molecule has 2 aromatic rings. The minimum Gasteiger partial charge on any atom is -0.489 e. The Bertz CT molecular complexity index is 674. The van der Waals surface area contributed by atoms with E-state index in [0.29, 0.717) is 5.88 Å². The maximum absolute atomic E-state index is 5.94. The standard InChI is InChI=1S/C15H16N2O3/c1-9-4-12-13(19-8-15(2-3-15)7-18-12)5-10(9)11-6-14(16)20-17-11/h4-6H,2-3,7-8,16H2,1H3. The summed E-state index contributed by atoms with van der Waals surface area (Å²) in [5, 5.41) is 3.96. The molecule has 1 aliphatic heterocycles. The van der Waals surface area contributed by atoms with E-state index in [4.69, 9.17) is 19.7 Å². The van der Waals surface area contributed by atoms with Crippen LogP contribution in [0.15, 0.2) is 22.7 Å². The second kappa shape index (κ2) is 3.91. The molecule has 1 spiro atoms. The van der Waals surface area contributed by atoms with Crippen molar-refractivity contribution < 1.29 is 14.0 Å². The van der Waals surface area contributed by atoms with E-state index in [9.17, 15) is 0 Å². The highest BCUT2D eigenvalue weighted by Gasteiger charge is 2.46. The summed E-state index contributed by atoms with van der Waals surface area (Å²) in [5.74, 6) is 1.89. The fraction of sp³-hybridized carbons (Fsp3) is 0.400. The van der Waals surface area contributed by atoms with Crippen molar-refractivity contribution in [3.05, 3.63) is 23.8 Å². The summed E-state index contributed by atoms with van der Waals surface area (Å²) < 4.78 is 16.8. The highest BCUT2D eigenvalue weighted by Crippen LogP contribution is 2.49. The Kier molecular flexibility index (Phi) is 2.28. The lowest BCUT2D eigenvalue weighted by molar-refractivity contribution is 0.197. The minimum absolute atomic E-state index is 0.241. The molecule has 1 saturated carbocycles. The molecule has 4 rings (SSSR count). The summed E-state index contributed by atoms with van der Waals surface area (Å²) in [4.78, 5) is 0. The van der Waals surface area contributed by atoms with Crippen molar-refractivity contribution in [2.45, 2.75) is 19.8 Å². The van der Waals surface area contributed by atoms with Crippen LogP contribution in [-0.2, 0) is 0 Å². The van der Waals surface area contributed by atoms with Crippen molar-refractivity contribution in [1.29, 1.82) is 0 Å². The first-order valence-corrected chi connectivity index (χ1v) is 6.78. The fourth-order valence-corrected chi connectivity index (χ4v) is 2.55. The van der Waals surface area contributed by atoms with E-state index in [1.807, 2.05) is 19.1 Å². The maximum atomic E-state index is 5.94. The van der Waals surface area contributed by atoms with Gasteiger partial charge in [0.05, 0.1) is 13.2 Å². The topological polar surface area (TPSA) is 70.5 Å². The summed E-state index contributed by atoms with van der Waals surface area (Å²) in [6, 6.07) is 5.68. The largest absolute Gasteiger partial charge is 0.489 e. The monoisotopic (exact) mass is 272 g/mol. The third kappa shape index (κ3) is 1.81. The van der Waals surface area contributed by atoms with Gasteiger partial charge in [0.1, 0.15) is 5.69 Å². The van der Waals surface area contributed by atoms with Gasteiger partial charge >= 0.3 is 0 Å². The van der Waals surface area contributed by atoms with Gasteiger partial charge in [0.25, 0.3) is 0 Å². The Morgan fingerprint density at radius 3 is 2.40 bits per heavy atom. The number of ether oxygens (including phenoxy) is 2. The van der Waals surface area contributed by atoms with E-state index in [1.165, 1.54) is 12.8 Å². The van der Waals surface area contributed by atoms with Crippen molar-refractivity contribution in [3.8, 4) is 22.8 Å². The summed E-state index contributed by atoms with van der Waals surface area (Å²) >= 11 is 0. The first kappa shape index (κ1) is 11.6. The lowest BCUT2D eigenvalue weighted by Crippen LogP contribution is -2.17. The number of nitrogens with zero attached hydrogens (tertiary/aromatic N) is 1. The molecule has 2 aliphatic rings. The Morgan fingerprint density at radius 1 is 1.10 bits per heavy atom. The molecular weight excluding hydrogens is 256 g/mol. The lowest BCUT2D eigenvalue weighted by atomic mass is 10.0. The number of anilines is 1. The highest BCUT2D eigenvalue weighted by molar-refractivity contribution is 5.69. The maximum Gasteiger partial charge on any atom is 0.222 e. The third-order valence-electron chi connectivity index (χ3n) is 4.12. The fourth-order valence-electron chi connectivity index (χ4n) is 2.55. The van der Waals surface area contributed by atoms with Crippen LogP contribution in [0.5, 0.6) is 11.5 Å². The van der Waals surface area contributed by atoms with Crippen LogP contribution in [0.1, 0.15) is 18.4 Å². The highest BCUT2D eigenvalue weighted by atomic mass is 16.5. The zero-order valence-corrected chi connectivity index (χ0v) is 11.3. The number of hydrogen-bond acceptors (Lipinski definition) is 5. The molecule has 0 saturated heterocycles. The molecule has 1 aromatic heterocycles. The zero-order chi connectivity index (χ0) is 13.7. The molecule has 5 heteroatoms. The number of fused-ring (bicyclic) bond motifs is 1. The SMILES string of the molecule is Cc1cc2c(cc1-c1cc(N)on1)OCC1(CC1)CO2. The van der Waals surface area contributed by atoms with Crippen LogP contribution >= 0.6 is 0 Å². The van der Waals surface area contributed by atoms with Crippen LogP contribution < -0.4 is 15.2 Å². The molecule has 5 nitrogen and oxygen atoms in total. The quantitative estimate of drug-likeness (QED) is 0.864. The first-order valence-electron chi connectivity index (χ1n) is 6.78. The minimum atomic E-state index is 0.241. The van der Waals surface area contributed by atoms with E-state index in [2.05, 4.69) is 5.16 Å². The molecule has 104 valence electrons. The van der Waals surface area contributed by atoms with Crippen LogP contribution in [0.25, 0.3) is 11.3 Å². The van der Waals surface area contributed by atoms with Gasteiger partial charge in [-0.3, -0.25) is 0 Å². The number of aromatic nitrogens is 1. The van der Waals surface area contributed by atoms with Gasteiger partial charge in [-0.2, -0.15) is 0 Å². The van der Waals surface area contributed by atoms with Crippen molar-refractivity contribution >= 4 is 5.88 Å². The second-order valence-corrected chi connectivity index (χ2v) is 5.81. The molecule has 20 heavy (non-hydrogen) atoms. The van der Waals surface area contributed by atoms with Gasteiger partial charge in [0, 0.05) is 17.0 Å². The van der Waals surface area contributed by atoms with Crippen molar-refractivity contribution in [2.75, 3.05) is 18.9 Å². The molecule has 1 aliphatic carbocycles. The van der Waals surface area contributed by atoms with Crippen LogP contribution in [-0.4, -0.2) is 18.4 Å². The van der Waals surface area contributed by atoms with Crippen LogP contribution in [0.3, 0.4) is 0 Å². The number of hydrogen-bond donors (Lipinski definition) is 1. The number of rotatable bonds is 1. The van der Waals surface area contributed by atoms with Gasteiger partial charge in [-0.15, -0.1) is 0 Å². The lowest BCUT2D eigenvalue weighted by Gasteiger charge is -2.10. The summed E-state index contributed by atoms with van der Waals surface area (Å²) in [6.45, 7) is 3.49. The molecule has 1 aromatic carbocycles. The van der Waals surface area contributed by atoms with E-state index < -0.39 is 0 Å². The van der Waals surface area contributed by atoms with Crippen LogP contribution in [0.2, 0.25) is 0 Å². The Balaban J connectivity index is 1.74. The molecule has 0 atom stereocenters. The van der Waals surface area contributed by atoms with Gasteiger partial charge in [0.15, 0.2) is 11.5 Å². The van der Waals surface area contributed by atoms with E-state index in [-0.39, 0.29) is 5.41 Å². The predicted molar refractivity (Wildman–Crippen MR) is 73.7 cm³/mol. The molecule has 0 radical (unpaired) electrons. The molecule has 2 heterocycles. The molecule has 1 fully saturated rings. The average Bonchev–Trinajstić information content (AvgIpc) is 3.13. The van der Waals surface area contributed by atoms with Crippen molar-refractivity contribution in [2.24, 2.45) is 5.41 Å². The smallest absolute Gasteiger partial charge is 0.222 e. The van der Waals surface area contributed by atoms with Gasteiger partial charge in [0.2, 0.25) is 5.88 Å². The Morgan fingerprint density at radius 2 is 1.80 bits per heavy atom. The number of benzene rings is 1. The molecule has 0 bridgehead atoms. The van der Waals surface area contributed by atoms with E-state index in [0.717, 1.165) is 41.5 Å². The number of aryl methyl sites for hydroxylation is 1. The molecule has 0 unspecified atom stereocenters. The Hall–Kier alpha value is -2.17. The van der Waals surface area contributed by atoms with Crippen LogP contribution in [0, 0.1) is 12.3 Å². The van der Waals surface area contributed by atoms with E-state index >= 15 is 0 Å². The molecule has 2 N–H and O–H groups in total. The number of nitrogen functional groups attached to an aromatic ring is 1.